The van der Waals surface area contributed by atoms with Crippen LogP contribution in [0.4, 0.5) is 5.69 Å². The number of halogens is 1. The predicted molar refractivity (Wildman–Crippen MR) is 76.5 cm³/mol. The zero-order chi connectivity index (χ0) is 13.0. The van der Waals surface area contributed by atoms with Gasteiger partial charge in [-0.15, -0.1) is 0 Å². The van der Waals surface area contributed by atoms with E-state index in [4.69, 9.17) is 16.3 Å². The maximum atomic E-state index is 6.13. The van der Waals surface area contributed by atoms with Crippen LogP contribution >= 0.6 is 11.6 Å². The predicted octanol–water partition coefficient (Wildman–Crippen LogP) is 4.27. The lowest BCUT2D eigenvalue weighted by atomic mass is 10.1. The summed E-state index contributed by atoms with van der Waals surface area (Å²) in [4.78, 5) is 0. The summed E-state index contributed by atoms with van der Waals surface area (Å²) in [6.45, 7) is 2.82. The SMILES string of the molecule is COc1ccc(Cl)c(NCc2ccc(C)cc2)c1. The summed E-state index contributed by atoms with van der Waals surface area (Å²) in [5.74, 6) is 0.797. The summed E-state index contributed by atoms with van der Waals surface area (Å²) >= 11 is 6.13. The molecule has 0 aliphatic carbocycles. The summed E-state index contributed by atoms with van der Waals surface area (Å²) in [5, 5.41) is 4.01. The number of hydrogen-bond acceptors (Lipinski definition) is 2. The Hall–Kier alpha value is -1.67. The molecule has 2 aromatic rings. The molecule has 0 saturated heterocycles. The molecule has 0 aliphatic heterocycles. The minimum atomic E-state index is 0.697. The van der Waals surface area contributed by atoms with Crippen molar-refractivity contribution in [3.05, 3.63) is 58.6 Å². The molecule has 94 valence electrons. The first-order chi connectivity index (χ1) is 8.69. The van der Waals surface area contributed by atoms with E-state index in [1.54, 1.807) is 7.11 Å². The Balaban J connectivity index is 2.07. The number of nitrogens with one attached hydrogen (secondary N) is 1. The van der Waals surface area contributed by atoms with Gasteiger partial charge in [-0.05, 0) is 24.6 Å². The van der Waals surface area contributed by atoms with E-state index >= 15 is 0 Å². The Morgan fingerprint density at radius 3 is 2.50 bits per heavy atom. The summed E-state index contributed by atoms with van der Waals surface area (Å²) in [5.41, 5.74) is 3.37. The molecule has 0 atom stereocenters. The first-order valence-electron chi connectivity index (χ1n) is 5.82. The second kappa shape index (κ2) is 5.78. The zero-order valence-corrected chi connectivity index (χ0v) is 11.3. The molecule has 2 aromatic carbocycles. The third-order valence-electron chi connectivity index (χ3n) is 2.78. The van der Waals surface area contributed by atoms with Crippen LogP contribution in [0.1, 0.15) is 11.1 Å². The van der Waals surface area contributed by atoms with Crippen molar-refractivity contribution < 1.29 is 4.74 Å². The number of ether oxygens (including phenoxy) is 1. The van der Waals surface area contributed by atoms with Crippen molar-refractivity contribution in [3.8, 4) is 5.75 Å². The molecule has 0 amide bonds. The minimum absolute atomic E-state index is 0.697. The third kappa shape index (κ3) is 3.17. The van der Waals surface area contributed by atoms with Gasteiger partial charge in [0.1, 0.15) is 5.75 Å². The zero-order valence-electron chi connectivity index (χ0n) is 10.5. The molecule has 3 heteroatoms. The van der Waals surface area contributed by atoms with Crippen LogP contribution in [0, 0.1) is 6.92 Å². The van der Waals surface area contributed by atoms with E-state index in [0.717, 1.165) is 18.0 Å². The molecular formula is C15H16ClNO. The van der Waals surface area contributed by atoms with E-state index in [1.165, 1.54) is 11.1 Å². The van der Waals surface area contributed by atoms with Crippen LogP contribution in [0.2, 0.25) is 5.02 Å². The smallest absolute Gasteiger partial charge is 0.121 e. The second-order valence-electron chi connectivity index (χ2n) is 4.18. The topological polar surface area (TPSA) is 21.3 Å². The highest BCUT2D eigenvalue weighted by Gasteiger charge is 2.02. The average Bonchev–Trinajstić information content (AvgIpc) is 2.40. The van der Waals surface area contributed by atoms with Gasteiger partial charge in [-0.3, -0.25) is 0 Å². The molecule has 0 radical (unpaired) electrons. The van der Waals surface area contributed by atoms with E-state index in [0.29, 0.717) is 5.02 Å². The Bertz CT molecular complexity index is 523. The maximum absolute atomic E-state index is 6.13. The number of anilines is 1. The fourth-order valence-electron chi connectivity index (χ4n) is 1.67. The highest BCUT2D eigenvalue weighted by molar-refractivity contribution is 6.33. The van der Waals surface area contributed by atoms with Crippen molar-refractivity contribution in [2.75, 3.05) is 12.4 Å². The molecular weight excluding hydrogens is 246 g/mol. The Kier molecular flexibility index (Phi) is 4.11. The Morgan fingerprint density at radius 1 is 1.11 bits per heavy atom. The van der Waals surface area contributed by atoms with Crippen molar-refractivity contribution in [3.63, 3.8) is 0 Å². The molecule has 0 heterocycles. The van der Waals surface area contributed by atoms with Crippen molar-refractivity contribution in [1.82, 2.24) is 0 Å². The van der Waals surface area contributed by atoms with Gasteiger partial charge in [-0.1, -0.05) is 41.4 Å². The lowest BCUT2D eigenvalue weighted by molar-refractivity contribution is 0.415. The summed E-state index contributed by atoms with van der Waals surface area (Å²) in [7, 11) is 1.65. The van der Waals surface area contributed by atoms with Crippen molar-refractivity contribution in [2.45, 2.75) is 13.5 Å². The van der Waals surface area contributed by atoms with E-state index in [1.807, 2.05) is 18.2 Å². The molecule has 0 aliphatic rings. The second-order valence-corrected chi connectivity index (χ2v) is 4.59. The molecule has 0 spiro atoms. The maximum Gasteiger partial charge on any atom is 0.121 e. The summed E-state index contributed by atoms with van der Waals surface area (Å²) < 4.78 is 5.18. The molecule has 0 fully saturated rings. The fraction of sp³-hybridized carbons (Fsp3) is 0.200. The van der Waals surface area contributed by atoms with E-state index in [-0.39, 0.29) is 0 Å². The highest BCUT2D eigenvalue weighted by Crippen LogP contribution is 2.27. The van der Waals surface area contributed by atoms with Crippen LogP contribution < -0.4 is 10.1 Å². The quantitative estimate of drug-likeness (QED) is 0.888. The van der Waals surface area contributed by atoms with Crippen molar-refractivity contribution >= 4 is 17.3 Å². The fourth-order valence-corrected chi connectivity index (χ4v) is 1.85. The molecule has 18 heavy (non-hydrogen) atoms. The van der Waals surface area contributed by atoms with Gasteiger partial charge in [0.05, 0.1) is 17.8 Å². The van der Waals surface area contributed by atoms with Crippen molar-refractivity contribution in [2.24, 2.45) is 0 Å². The molecule has 0 saturated carbocycles. The van der Waals surface area contributed by atoms with Gasteiger partial charge in [0.2, 0.25) is 0 Å². The highest BCUT2D eigenvalue weighted by atomic mass is 35.5. The molecule has 0 bridgehead atoms. The van der Waals surface area contributed by atoms with Crippen LogP contribution in [0.15, 0.2) is 42.5 Å². The normalized spacial score (nSPS) is 10.2. The minimum Gasteiger partial charge on any atom is -0.497 e. The number of hydrogen-bond donors (Lipinski definition) is 1. The standard InChI is InChI=1S/C15H16ClNO/c1-11-3-5-12(6-4-11)10-17-15-9-13(18-2)7-8-14(15)16/h3-9,17H,10H2,1-2H3. The lowest BCUT2D eigenvalue weighted by Gasteiger charge is -2.10. The molecule has 1 N–H and O–H groups in total. The average molecular weight is 262 g/mol. The largest absolute Gasteiger partial charge is 0.497 e. The Morgan fingerprint density at radius 2 is 1.83 bits per heavy atom. The summed E-state index contributed by atoms with van der Waals surface area (Å²) in [6.07, 6.45) is 0. The van der Waals surface area contributed by atoms with Gasteiger partial charge < -0.3 is 10.1 Å². The molecule has 0 unspecified atom stereocenters. The van der Waals surface area contributed by atoms with Crippen LogP contribution in [-0.4, -0.2) is 7.11 Å². The van der Waals surface area contributed by atoms with Crippen LogP contribution in [0.5, 0.6) is 5.75 Å². The van der Waals surface area contributed by atoms with Gasteiger partial charge in [-0.25, -0.2) is 0 Å². The van der Waals surface area contributed by atoms with Gasteiger partial charge >= 0.3 is 0 Å². The van der Waals surface area contributed by atoms with Gasteiger partial charge in [0, 0.05) is 12.6 Å². The van der Waals surface area contributed by atoms with Crippen molar-refractivity contribution in [1.29, 1.82) is 0 Å². The Labute approximate surface area is 113 Å². The number of benzene rings is 2. The van der Waals surface area contributed by atoms with Crippen LogP contribution in [0.3, 0.4) is 0 Å². The number of methoxy groups -OCH3 is 1. The van der Waals surface area contributed by atoms with Gasteiger partial charge in [0.25, 0.3) is 0 Å². The third-order valence-corrected chi connectivity index (χ3v) is 3.11. The van der Waals surface area contributed by atoms with Crippen LogP contribution in [0.25, 0.3) is 0 Å². The van der Waals surface area contributed by atoms with Gasteiger partial charge in [-0.2, -0.15) is 0 Å². The van der Waals surface area contributed by atoms with Crippen LogP contribution in [-0.2, 0) is 6.54 Å². The number of aryl methyl sites for hydroxylation is 1. The molecule has 2 rings (SSSR count). The summed E-state index contributed by atoms with van der Waals surface area (Å²) in [6, 6.07) is 14.0. The van der Waals surface area contributed by atoms with Gasteiger partial charge in [0.15, 0.2) is 0 Å². The molecule has 2 nitrogen and oxygen atoms in total. The molecule has 0 aromatic heterocycles. The first kappa shape index (κ1) is 12.8. The first-order valence-corrected chi connectivity index (χ1v) is 6.20. The van der Waals surface area contributed by atoms with E-state index in [9.17, 15) is 0 Å². The van der Waals surface area contributed by atoms with E-state index in [2.05, 4.69) is 36.5 Å². The van der Waals surface area contributed by atoms with E-state index < -0.39 is 0 Å². The number of rotatable bonds is 4. The monoisotopic (exact) mass is 261 g/mol. The lowest BCUT2D eigenvalue weighted by Crippen LogP contribution is -2.00.